The highest BCUT2D eigenvalue weighted by Crippen LogP contribution is 2.19. The van der Waals surface area contributed by atoms with Crippen molar-refractivity contribution in [1.29, 1.82) is 0 Å². The highest BCUT2D eigenvalue weighted by molar-refractivity contribution is 5.80. The lowest BCUT2D eigenvalue weighted by molar-refractivity contribution is -0.142. The van der Waals surface area contributed by atoms with E-state index in [1.165, 1.54) is 0 Å². The molecule has 0 spiro atoms. The summed E-state index contributed by atoms with van der Waals surface area (Å²) in [5, 5.41) is 2.63. The number of carbonyl (C=O) groups is 2. The van der Waals surface area contributed by atoms with Crippen molar-refractivity contribution >= 4 is 11.8 Å². The van der Waals surface area contributed by atoms with Crippen molar-refractivity contribution in [2.75, 3.05) is 53.0 Å². The molecule has 2 amide bonds. The Bertz CT molecular complexity index is 329. The Morgan fingerprint density at radius 1 is 1.26 bits per heavy atom. The number of piperidine rings is 1. The van der Waals surface area contributed by atoms with E-state index in [0.717, 1.165) is 19.4 Å². The first-order chi connectivity index (χ1) is 9.20. The molecule has 0 aromatic rings. The Morgan fingerprint density at radius 3 is 2.68 bits per heavy atom. The first kappa shape index (κ1) is 14.3. The highest BCUT2D eigenvalue weighted by Gasteiger charge is 2.30. The van der Waals surface area contributed by atoms with Gasteiger partial charge in [-0.1, -0.05) is 0 Å². The second kappa shape index (κ2) is 6.86. The van der Waals surface area contributed by atoms with Gasteiger partial charge in [-0.3, -0.25) is 14.5 Å². The molecular weight excluding hydrogens is 246 g/mol. The molecule has 0 aromatic carbocycles. The second-order valence-electron chi connectivity index (χ2n) is 5.19. The van der Waals surface area contributed by atoms with E-state index in [9.17, 15) is 9.59 Å². The lowest BCUT2D eigenvalue weighted by Crippen LogP contribution is -2.49. The van der Waals surface area contributed by atoms with E-state index in [4.69, 9.17) is 4.74 Å². The van der Waals surface area contributed by atoms with Crippen molar-refractivity contribution in [2.45, 2.75) is 12.8 Å². The van der Waals surface area contributed by atoms with Crippen molar-refractivity contribution in [3.63, 3.8) is 0 Å². The number of hydrogen-bond acceptors (Lipinski definition) is 4. The van der Waals surface area contributed by atoms with Crippen LogP contribution in [-0.2, 0) is 14.3 Å². The zero-order chi connectivity index (χ0) is 13.7. The van der Waals surface area contributed by atoms with Crippen LogP contribution in [0.1, 0.15) is 12.8 Å². The van der Waals surface area contributed by atoms with Crippen LogP contribution in [0.4, 0.5) is 0 Å². The summed E-state index contributed by atoms with van der Waals surface area (Å²) in [6.07, 6.45) is 1.91. The van der Waals surface area contributed by atoms with Crippen LogP contribution in [0, 0.1) is 5.92 Å². The smallest absolute Gasteiger partial charge is 0.233 e. The number of amides is 2. The molecule has 19 heavy (non-hydrogen) atoms. The van der Waals surface area contributed by atoms with Gasteiger partial charge < -0.3 is 15.0 Å². The third-order valence-electron chi connectivity index (χ3n) is 3.82. The molecule has 2 heterocycles. The molecule has 0 aliphatic carbocycles. The largest absolute Gasteiger partial charge is 0.378 e. The molecule has 0 aromatic heterocycles. The number of morpholine rings is 1. The zero-order valence-corrected chi connectivity index (χ0v) is 11.6. The SMILES string of the molecule is CNC(=O)CN1CCCC(C(=O)N2CCOCC2)C1. The van der Waals surface area contributed by atoms with Crippen molar-refractivity contribution in [3.05, 3.63) is 0 Å². The topological polar surface area (TPSA) is 61.9 Å². The summed E-state index contributed by atoms with van der Waals surface area (Å²) in [5.41, 5.74) is 0. The Hall–Kier alpha value is -1.14. The number of likely N-dealkylation sites (N-methyl/N-ethyl adjacent to an activating group) is 1. The molecule has 2 aliphatic rings. The third-order valence-corrected chi connectivity index (χ3v) is 3.82. The van der Waals surface area contributed by atoms with Gasteiger partial charge >= 0.3 is 0 Å². The number of ether oxygens (including phenoxy) is 1. The molecule has 0 saturated carbocycles. The normalized spacial score (nSPS) is 25.1. The predicted octanol–water partition coefficient (Wildman–Crippen LogP) is -0.697. The van der Waals surface area contributed by atoms with Gasteiger partial charge in [-0.15, -0.1) is 0 Å². The van der Waals surface area contributed by atoms with Gasteiger partial charge in [0.25, 0.3) is 0 Å². The third kappa shape index (κ3) is 3.91. The summed E-state index contributed by atoms with van der Waals surface area (Å²) >= 11 is 0. The molecule has 0 radical (unpaired) electrons. The maximum Gasteiger partial charge on any atom is 0.233 e. The van der Waals surface area contributed by atoms with Crippen molar-refractivity contribution in [3.8, 4) is 0 Å². The summed E-state index contributed by atoms with van der Waals surface area (Å²) in [4.78, 5) is 27.8. The van der Waals surface area contributed by atoms with Gasteiger partial charge in [0.15, 0.2) is 0 Å². The molecule has 1 unspecified atom stereocenters. The maximum absolute atomic E-state index is 12.4. The lowest BCUT2D eigenvalue weighted by atomic mass is 9.96. The van der Waals surface area contributed by atoms with Crippen LogP contribution in [0.2, 0.25) is 0 Å². The van der Waals surface area contributed by atoms with Crippen LogP contribution in [0.25, 0.3) is 0 Å². The second-order valence-corrected chi connectivity index (χ2v) is 5.19. The molecule has 108 valence electrons. The number of hydrogen-bond donors (Lipinski definition) is 1. The first-order valence-corrected chi connectivity index (χ1v) is 7.00. The van der Waals surface area contributed by atoms with Gasteiger partial charge in [0.2, 0.25) is 11.8 Å². The standard InChI is InChI=1S/C13H23N3O3/c1-14-12(17)10-15-4-2-3-11(9-15)13(18)16-5-7-19-8-6-16/h11H,2-10H2,1H3,(H,14,17). The number of carbonyl (C=O) groups excluding carboxylic acids is 2. The summed E-state index contributed by atoms with van der Waals surface area (Å²) in [6, 6.07) is 0. The van der Waals surface area contributed by atoms with E-state index in [2.05, 4.69) is 10.2 Å². The van der Waals surface area contributed by atoms with E-state index >= 15 is 0 Å². The number of rotatable bonds is 3. The van der Waals surface area contributed by atoms with Crippen LogP contribution in [0.3, 0.4) is 0 Å². The minimum Gasteiger partial charge on any atom is -0.378 e. The van der Waals surface area contributed by atoms with E-state index in [-0.39, 0.29) is 17.7 Å². The monoisotopic (exact) mass is 269 g/mol. The molecule has 0 bridgehead atoms. The van der Waals surface area contributed by atoms with Gasteiger partial charge in [-0.2, -0.15) is 0 Å². The molecule has 2 fully saturated rings. The number of nitrogens with one attached hydrogen (secondary N) is 1. The summed E-state index contributed by atoms with van der Waals surface area (Å²) in [7, 11) is 1.64. The Kier molecular flexibility index (Phi) is 5.15. The van der Waals surface area contributed by atoms with Crippen molar-refractivity contribution in [1.82, 2.24) is 15.1 Å². The summed E-state index contributed by atoms with van der Waals surface area (Å²) < 4.78 is 5.27. The average Bonchev–Trinajstić information content (AvgIpc) is 2.47. The molecule has 1 N–H and O–H groups in total. The lowest BCUT2D eigenvalue weighted by Gasteiger charge is -2.35. The van der Waals surface area contributed by atoms with Crippen LogP contribution < -0.4 is 5.32 Å². The quantitative estimate of drug-likeness (QED) is 0.736. The van der Waals surface area contributed by atoms with Crippen molar-refractivity contribution < 1.29 is 14.3 Å². The van der Waals surface area contributed by atoms with E-state index in [1.54, 1.807) is 7.05 Å². The maximum atomic E-state index is 12.4. The van der Waals surface area contributed by atoms with Crippen LogP contribution in [0.15, 0.2) is 0 Å². The fraction of sp³-hybridized carbons (Fsp3) is 0.846. The van der Waals surface area contributed by atoms with Crippen LogP contribution in [-0.4, -0.2) is 74.6 Å². The van der Waals surface area contributed by atoms with Gasteiger partial charge in [0.05, 0.1) is 25.7 Å². The first-order valence-electron chi connectivity index (χ1n) is 7.00. The fourth-order valence-corrected chi connectivity index (χ4v) is 2.72. The molecular formula is C13H23N3O3. The van der Waals surface area contributed by atoms with Crippen LogP contribution >= 0.6 is 0 Å². The fourth-order valence-electron chi connectivity index (χ4n) is 2.72. The predicted molar refractivity (Wildman–Crippen MR) is 70.6 cm³/mol. The zero-order valence-electron chi connectivity index (χ0n) is 11.6. The molecule has 1 atom stereocenters. The van der Waals surface area contributed by atoms with Crippen molar-refractivity contribution in [2.24, 2.45) is 5.92 Å². The van der Waals surface area contributed by atoms with E-state index in [1.807, 2.05) is 4.90 Å². The van der Waals surface area contributed by atoms with Gasteiger partial charge in [0.1, 0.15) is 0 Å². The van der Waals surface area contributed by atoms with E-state index in [0.29, 0.717) is 39.4 Å². The van der Waals surface area contributed by atoms with Crippen LogP contribution in [0.5, 0.6) is 0 Å². The van der Waals surface area contributed by atoms with Gasteiger partial charge in [-0.05, 0) is 19.4 Å². The molecule has 2 rings (SSSR count). The minimum absolute atomic E-state index is 0.0134. The number of likely N-dealkylation sites (tertiary alicyclic amines) is 1. The Labute approximate surface area is 114 Å². The summed E-state index contributed by atoms with van der Waals surface area (Å²) in [5.74, 6) is 0.279. The molecule has 6 nitrogen and oxygen atoms in total. The Balaban J connectivity index is 1.85. The van der Waals surface area contributed by atoms with Gasteiger partial charge in [-0.25, -0.2) is 0 Å². The molecule has 6 heteroatoms. The number of nitrogens with zero attached hydrogens (tertiary/aromatic N) is 2. The summed E-state index contributed by atoms with van der Waals surface area (Å²) in [6.45, 7) is 4.67. The molecule has 2 aliphatic heterocycles. The highest BCUT2D eigenvalue weighted by atomic mass is 16.5. The minimum atomic E-state index is 0.0134. The van der Waals surface area contributed by atoms with E-state index < -0.39 is 0 Å². The molecule has 2 saturated heterocycles. The average molecular weight is 269 g/mol. The van der Waals surface area contributed by atoms with Gasteiger partial charge in [0, 0.05) is 26.7 Å². The Morgan fingerprint density at radius 2 is 2.00 bits per heavy atom.